The van der Waals surface area contributed by atoms with Gasteiger partial charge < -0.3 is 0 Å². The summed E-state index contributed by atoms with van der Waals surface area (Å²) in [7, 11) is 0. The fourth-order valence-corrected chi connectivity index (χ4v) is 2.19. The van der Waals surface area contributed by atoms with Gasteiger partial charge in [0.15, 0.2) is 0 Å². The van der Waals surface area contributed by atoms with E-state index in [1.807, 2.05) is 18.2 Å². The molecule has 1 rings (SSSR count). The van der Waals surface area contributed by atoms with E-state index in [-0.39, 0.29) is 6.04 Å². The van der Waals surface area contributed by atoms with E-state index in [1.165, 1.54) is 5.57 Å². The summed E-state index contributed by atoms with van der Waals surface area (Å²) in [6.45, 7) is 4.10. The molecule has 1 aromatic carbocycles. The van der Waals surface area contributed by atoms with E-state index in [2.05, 4.69) is 57.2 Å². The summed E-state index contributed by atoms with van der Waals surface area (Å²) in [6, 6.07) is 6.07. The highest BCUT2D eigenvalue weighted by Gasteiger charge is 2.10. The number of hydrogen-bond acceptors (Lipinski definition) is 2. The van der Waals surface area contributed by atoms with Crippen LogP contribution in [-0.2, 0) is 0 Å². The van der Waals surface area contributed by atoms with Crippen molar-refractivity contribution in [3.63, 3.8) is 0 Å². The lowest BCUT2D eigenvalue weighted by molar-refractivity contribution is 0.649. The standard InChI is InChI=1S/C11H14Br2N2/c1-7(2)5-11(15-14)9-6-8(12)3-4-10(9)13/h3-6,11,15H,14H2,1-2H3. The molecule has 3 N–H and O–H groups in total. The van der Waals surface area contributed by atoms with Crippen LogP contribution in [0, 0.1) is 0 Å². The van der Waals surface area contributed by atoms with Gasteiger partial charge in [-0.25, -0.2) is 5.43 Å². The van der Waals surface area contributed by atoms with E-state index < -0.39 is 0 Å². The van der Waals surface area contributed by atoms with Crippen LogP contribution in [0.1, 0.15) is 25.5 Å². The first-order valence-electron chi connectivity index (χ1n) is 4.60. The summed E-state index contributed by atoms with van der Waals surface area (Å²) in [5.41, 5.74) is 5.14. The first kappa shape index (κ1) is 12.9. The Kier molecular flexibility index (Phi) is 4.99. The molecule has 1 aromatic rings. The predicted octanol–water partition coefficient (Wildman–Crippen LogP) is 3.68. The number of halogens is 2. The van der Waals surface area contributed by atoms with Gasteiger partial charge in [-0.2, -0.15) is 0 Å². The summed E-state index contributed by atoms with van der Waals surface area (Å²) in [5, 5.41) is 0. The van der Waals surface area contributed by atoms with Gasteiger partial charge in [-0.1, -0.05) is 43.5 Å². The number of nitrogens with one attached hydrogen (secondary N) is 1. The molecule has 0 aromatic heterocycles. The third kappa shape index (κ3) is 3.72. The molecule has 0 heterocycles. The van der Waals surface area contributed by atoms with Crippen LogP contribution >= 0.6 is 31.9 Å². The summed E-state index contributed by atoms with van der Waals surface area (Å²) in [6.07, 6.45) is 2.09. The van der Waals surface area contributed by atoms with Crippen molar-refractivity contribution in [2.75, 3.05) is 0 Å². The van der Waals surface area contributed by atoms with Crippen molar-refractivity contribution >= 4 is 31.9 Å². The third-order valence-electron chi connectivity index (χ3n) is 1.97. The highest BCUT2D eigenvalue weighted by Crippen LogP contribution is 2.27. The highest BCUT2D eigenvalue weighted by molar-refractivity contribution is 9.11. The lowest BCUT2D eigenvalue weighted by Gasteiger charge is -2.15. The van der Waals surface area contributed by atoms with Gasteiger partial charge in [0, 0.05) is 8.95 Å². The predicted molar refractivity (Wildman–Crippen MR) is 71.3 cm³/mol. The zero-order chi connectivity index (χ0) is 11.4. The number of benzene rings is 1. The molecule has 0 spiro atoms. The molecule has 0 aliphatic heterocycles. The number of allylic oxidation sites excluding steroid dienone is 1. The Morgan fingerprint density at radius 1 is 1.40 bits per heavy atom. The minimum absolute atomic E-state index is 0.0295. The van der Waals surface area contributed by atoms with Gasteiger partial charge >= 0.3 is 0 Å². The van der Waals surface area contributed by atoms with Gasteiger partial charge in [0.05, 0.1) is 6.04 Å². The smallest absolute Gasteiger partial charge is 0.0654 e. The SMILES string of the molecule is CC(C)=CC(NN)c1cc(Br)ccc1Br. The van der Waals surface area contributed by atoms with Crippen LogP contribution in [0.25, 0.3) is 0 Å². The van der Waals surface area contributed by atoms with Crippen LogP contribution in [0.3, 0.4) is 0 Å². The number of rotatable bonds is 3. The van der Waals surface area contributed by atoms with Crippen molar-refractivity contribution in [3.05, 3.63) is 44.4 Å². The quantitative estimate of drug-likeness (QED) is 0.503. The second-order valence-electron chi connectivity index (χ2n) is 3.55. The fourth-order valence-electron chi connectivity index (χ4n) is 1.31. The summed E-state index contributed by atoms with van der Waals surface area (Å²) < 4.78 is 2.09. The zero-order valence-corrected chi connectivity index (χ0v) is 11.9. The average Bonchev–Trinajstić information content (AvgIpc) is 2.18. The van der Waals surface area contributed by atoms with Crippen molar-refractivity contribution in [1.29, 1.82) is 0 Å². The number of hydrazine groups is 1. The van der Waals surface area contributed by atoms with Crippen LogP contribution < -0.4 is 11.3 Å². The molecule has 2 nitrogen and oxygen atoms in total. The molecular weight excluding hydrogens is 320 g/mol. The molecule has 0 saturated carbocycles. The molecule has 0 saturated heterocycles. The van der Waals surface area contributed by atoms with E-state index in [4.69, 9.17) is 5.84 Å². The molecule has 0 amide bonds. The summed E-state index contributed by atoms with van der Waals surface area (Å²) in [4.78, 5) is 0. The van der Waals surface area contributed by atoms with E-state index in [0.29, 0.717) is 0 Å². The Hall–Kier alpha value is -0.160. The van der Waals surface area contributed by atoms with Crippen LogP contribution in [0.4, 0.5) is 0 Å². The monoisotopic (exact) mass is 332 g/mol. The van der Waals surface area contributed by atoms with Crippen molar-refractivity contribution in [3.8, 4) is 0 Å². The molecule has 0 radical (unpaired) electrons. The average molecular weight is 334 g/mol. The Morgan fingerprint density at radius 3 is 2.60 bits per heavy atom. The molecule has 4 heteroatoms. The molecule has 0 aliphatic carbocycles. The molecular formula is C11H14Br2N2. The maximum Gasteiger partial charge on any atom is 0.0654 e. The maximum absolute atomic E-state index is 5.54. The number of hydrogen-bond donors (Lipinski definition) is 2. The van der Waals surface area contributed by atoms with Crippen LogP contribution in [0.2, 0.25) is 0 Å². The first-order chi connectivity index (χ1) is 7.04. The minimum atomic E-state index is 0.0295. The van der Waals surface area contributed by atoms with E-state index in [9.17, 15) is 0 Å². The second-order valence-corrected chi connectivity index (χ2v) is 5.32. The Labute approximate surface area is 107 Å². The van der Waals surface area contributed by atoms with Gasteiger partial charge in [-0.05, 0) is 37.6 Å². The molecule has 1 atom stereocenters. The minimum Gasteiger partial charge on any atom is -0.271 e. The normalized spacial score (nSPS) is 12.3. The van der Waals surface area contributed by atoms with Gasteiger partial charge in [0.1, 0.15) is 0 Å². The third-order valence-corrected chi connectivity index (χ3v) is 3.19. The lowest BCUT2D eigenvalue weighted by atomic mass is 10.1. The van der Waals surface area contributed by atoms with Gasteiger partial charge in [-0.3, -0.25) is 5.84 Å². The van der Waals surface area contributed by atoms with Gasteiger partial charge in [0.2, 0.25) is 0 Å². The van der Waals surface area contributed by atoms with E-state index in [1.54, 1.807) is 0 Å². The fraction of sp³-hybridized carbons (Fsp3) is 0.273. The van der Waals surface area contributed by atoms with Crippen LogP contribution in [-0.4, -0.2) is 0 Å². The van der Waals surface area contributed by atoms with E-state index >= 15 is 0 Å². The Balaban J connectivity index is 3.11. The molecule has 0 aliphatic rings. The van der Waals surface area contributed by atoms with Crippen molar-refractivity contribution in [2.24, 2.45) is 5.84 Å². The molecule has 82 valence electrons. The Bertz CT molecular complexity index is 371. The van der Waals surface area contributed by atoms with Crippen molar-refractivity contribution in [1.82, 2.24) is 5.43 Å². The van der Waals surface area contributed by atoms with Crippen molar-refractivity contribution < 1.29 is 0 Å². The summed E-state index contributed by atoms with van der Waals surface area (Å²) >= 11 is 6.97. The molecule has 1 unspecified atom stereocenters. The molecule has 0 bridgehead atoms. The zero-order valence-electron chi connectivity index (χ0n) is 8.72. The second kappa shape index (κ2) is 5.80. The molecule has 15 heavy (non-hydrogen) atoms. The topological polar surface area (TPSA) is 38.0 Å². The first-order valence-corrected chi connectivity index (χ1v) is 6.19. The summed E-state index contributed by atoms with van der Waals surface area (Å²) in [5.74, 6) is 5.54. The van der Waals surface area contributed by atoms with Gasteiger partial charge in [0.25, 0.3) is 0 Å². The van der Waals surface area contributed by atoms with E-state index in [0.717, 1.165) is 14.5 Å². The Morgan fingerprint density at radius 2 is 2.07 bits per heavy atom. The van der Waals surface area contributed by atoms with Crippen LogP contribution in [0.15, 0.2) is 38.8 Å². The maximum atomic E-state index is 5.54. The number of nitrogens with two attached hydrogens (primary N) is 1. The highest BCUT2D eigenvalue weighted by atomic mass is 79.9. The van der Waals surface area contributed by atoms with Crippen LogP contribution in [0.5, 0.6) is 0 Å². The van der Waals surface area contributed by atoms with Crippen molar-refractivity contribution in [2.45, 2.75) is 19.9 Å². The largest absolute Gasteiger partial charge is 0.271 e. The lowest BCUT2D eigenvalue weighted by Crippen LogP contribution is -2.27. The van der Waals surface area contributed by atoms with Gasteiger partial charge in [-0.15, -0.1) is 0 Å². The molecule has 0 fully saturated rings.